The predicted molar refractivity (Wildman–Crippen MR) is 57.3 cm³/mol. The topological polar surface area (TPSA) is 3.24 Å². The van der Waals surface area contributed by atoms with Gasteiger partial charge in [0.25, 0.3) is 0 Å². The zero-order valence-corrected chi connectivity index (χ0v) is 9.10. The van der Waals surface area contributed by atoms with E-state index in [0.29, 0.717) is 0 Å². The fourth-order valence-corrected chi connectivity index (χ4v) is 3.33. The standard InChI is InChI=1S/C11H20ClN/c12-7-9-13-8-3-6-11(13)10-4-1-2-5-10/h10-11H,1-9H2. The number of hydrogen-bond donors (Lipinski definition) is 0. The van der Waals surface area contributed by atoms with Gasteiger partial charge in [0.2, 0.25) is 0 Å². The lowest BCUT2D eigenvalue weighted by atomic mass is 9.96. The summed E-state index contributed by atoms with van der Waals surface area (Å²) in [5.74, 6) is 1.81. The first kappa shape index (κ1) is 9.79. The van der Waals surface area contributed by atoms with Crippen LogP contribution in [-0.2, 0) is 0 Å². The van der Waals surface area contributed by atoms with Crippen molar-refractivity contribution in [3.63, 3.8) is 0 Å². The predicted octanol–water partition coefficient (Wildman–Crippen LogP) is 2.88. The Labute approximate surface area is 86.4 Å². The lowest BCUT2D eigenvalue weighted by molar-refractivity contribution is 0.201. The zero-order valence-electron chi connectivity index (χ0n) is 8.34. The highest BCUT2D eigenvalue weighted by molar-refractivity contribution is 6.18. The van der Waals surface area contributed by atoms with Gasteiger partial charge in [0.15, 0.2) is 0 Å². The molecule has 1 saturated heterocycles. The fourth-order valence-electron chi connectivity index (χ4n) is 3.11. The van der Waals surface area contributed by atoms with Gasteiger partial charge in [-0.05, 0) is 38.1 Å². The molecule has 1 aliphatic carbocycles. The Bertz CT molecular complexity index is 154. The largest absolute Gasteiger partial charge is 0.299 e. The highest BCUT2D eigenvalue weighted by Crippen LogP contribution is 2.35. The summed E-state index contributed by atoms with van der Waals surface area (Å²) in [6.45, 7) is 2.41. The molecule has 0 aromatic rings. The molecule has 1 atom stereocenters. The highest BCUT2D eigenvalue weighted by Gasteiger charge is 2.32. The van der Waals surface area contributed by atoms with Gasteiger partial charge in [0, 0.05) is 18.5 Å². The van der Waals surface area contributed by atoms with Crippen molar-refractivity contribution in [1.29, 1.82) is 0 Å². The maximum absolute atomic E-state index is 5.81. The summed E-state index contributed by atoms with van der Waals surface area (Å²) in [5.41, 5.74) is 0. The Balaban J connectivity index is 1.88. The van der Waals surface area contributed by atoms with E-state index < -0.39 is 0 Å². The van der Waals surface area contributed by atoms with Crippen LogP contribution < -0.4 is 0 Å². The number of rotatable bonds is 3. The summed E-state index contributed by atoms with van der Waals surface area (Å²) >= 11 is 5.81. The van der Waals surface area contributed by atoms with Crippen LogP contribution in [0.3, 0.4) is 0 Å². The fraction of sp³-hybridized carbons (Fsp3) is 1.00. The van der Waals surface area contributed by atoms with Crippen molar-refractivity contribution < 1.29 is 0 Å². The summed E-state index contributed by atoms with van der Waals surface area (Å²) in [6, 6.07) is 0.890. The van der Waals surface area contributed by atoms with E-state index in [-0.39, 0.29) is 0 Å². The molecule has 1 nitrogen and oxygen atoms in total. The summed E-state index contributed by atoms with van der Waals surface area (Å²) in [7, 11) is 0. The van der Waals surface area contributed by atoms with Gasteiger partial charge in [-0.1, -0.05) is 12.8 Å². The van der Waals surface area contributed by atoms with Gasteiger partial charge >= 0.3 is 0 Å². The summed E-state index contributed by atoms with van der Waals surface area (Å²) in [6.07, 6.45) is 8.72. The second kappa shape index (κ2) is 4.65. The summed E-state index contributed by atoms with van der Waals surface area (Å²) in [5, 5.41) is 0. The van der Waals surface area contributed by atoms with Gasteiger partial charge in [0.1, 0.15) is 0 Å². The third kappa shape index (κ3) is 2.19. The summed E-state index contributed by atoms with van der Waals surface area (Å²) < 4.78 is 0. The van der Waals surface area contributed by atoms with E-state index in [4.69, 9.17) is 11.6 Å². The van der Waals surface area contributed by atoms with Gasteiger partial charge < -0.3 is 0 Å². The van der Waals surface area contributed by atoms with Crippen LogP contribution in [0.25, 0.3) is 0 Å². The molecule has 2 rings (SSSR count). The number of likely N-dealkylation sites (tertiary alicyclic amines) is 1. The molecule has 1 unspecified atom stereocenters. The molecular weight excluding hydrogens is 182 g/mol. The first-order chi connectivity index (χ1) is 6.42. The molecule has 76 valence electrons. The Kier molecular flexibility index (Phi) is 3.51. The Morgan fingerprint density at radius 1 is 1.08 bits per heavy atom. The molecule has 1 aliphatic heterocycles. The SMILES string of the molecule is ClCCN1CCCC1C1CCCC1. The number of alkyl halides is 1. The third-order valence-corrected chi connectivity index (χ3v) is 3.90. The van der Waals surface area contributed by atoms with E-state index in [0.717, 1.165) is 24.4 Å². The van der Waals surface area contributed by atoms with E-state index >= 15 is 0 Å². The van der Waals surface area contributed by atoms with Crippen molar-refractivity contribution >= 4 is 11.6 Å². The minimum atomic E-state index is 0.809. The monoisotopic (exact) mass is 201 g/mol. The van der Waals surface area contributed by atoms with Gasteiger partial charge in [-0.15, -0.1) is 11.6 Å². The maximum atomic E-state index is 5.81. The molecule has 2 heteroatoms. The Hall–Kier alpha value is 0.250. The smallest absolute Gasteiger partial charge is 0.0351 e. The van der Waals surface area contributed by atoms with Crippen molar-refractivity contribution in [3.8, 4) is 0 Å². The quantitative estimate of drug-likeness (QED) is 0.635. The van der Waals surface area contributed by atoms with E-state index in [9.17, 15) is 0 Å². The molecule has 2 fully saturated rings. The molecule has 0 aromatic heterocycles. The molecule has 1 heterocycles. The first-order valence-corrected chi connectivity index (χ1v) is 6.25. The van der Waals surface area contributed by atoms with E-state index in [1.807, 2.05) is 0 Å². The van der Waals surface area contributed by atoms with Crippen molar-refractivity contribution in [1.82, 2.24) is 4.90 Å². The molecule has 0 spiro atoms. The van der Waals surface area contributed by atoms with Crippen molar-refractivity contribution in [3.05, 3.63) is 0 Å². The molecule has 0 aromatic carbocycles. The average molecular weight is 202 g/mol. The molecule has 13 heavy (non-hydrogen) atoms. The summed E-state index contributed by atoms with van der Waals surface area (Å²) in [4.78, 5) is 2.63. The normalized spacial score (nSPS) is 31.6. The van der Waals surface area contributed by atoms with Gasteiger partial charge in [0.05, 0.1) is 0 Å². The molecule has 0 N–H and O–H groups in total. The van der Waals surface area contributed by atoms with Crippen LogP contribution in [0.1, 0.15) is 38.5 Å². The van der Waals surface area contributed by atoms with Crippen molar-refractivity contribution in [2.24, 2.45) is 5.92 Å². The molecule has 0 amide bonds. The molecular formula is C11H20ClN. The average Bonchev–Trinajstić information content (AvgIpc) is 2.71. The number of hydrogen-bond acceptors (Lipinski definition) is 1. The minimum absolute atomic E-state index is 0.809. The van der Waals surface area contributed by atoms with Crippen LogP contribution >= 0.6 is 11.6 Å². The Morgan fingerprint density at radius 2 is 1.85 bits per heavy atom. The maximum Gasteiger partial charge on any atom is 0.0351 e. The van der Waals surface area contributed by atoms with Crippen LogP contribution in [0.2, 0.25) is 0 Å². The number of halogens is 1. The minimum Gasteiger partial charge on any atom is -0.299 e. The number of nitrogens with zero attached hydrogens (tertiary/aromatic N) is 1. The van der Waals surface area contributed by atoms with Crippen molar-refractivity contribution in [2.75, 3.05) is 19.0 Å². The van der Waals surface area contributed by atoms with Crippen LogP contribution in [-0.4, -0.2) is 29.9 Å². The molecule has 1 saturated carbocycles. The second-order valence-electron chi connectivity index (χ2n) is 4.48. The van der Waals surface area contributed by atoms with E-state index in [1.165, 1.54) is 45.1 Å². The van der Waals surface area contributed by atoms with E-state index in [2.05, 4.69) is 4.90 Å². The second-order valence-corrected chi connectivity index (χ2v) is 4.86. The highest BCUT2D eigenvalue weighted by atomic mass is 35.5. The van der Waals surface area contributed by atoms with Crippen LogP contribution in [0.4, 0.5) is 0 Å². The van der Waals surface area contributed by atoms with Gasteiger partial charge in [-0.3, -0.25) is 4.90 Å². The first-order valence-electron chi connectivity index (χ1n) is 5.72. The van der Waals surface area contributed by atoms with Crippen LogP contribution in [0, 0.1) is 5.92 Å². The van der Waals surface area contributed by atoms with Crippen molar-refractivity contribution in [2.45, 2.75) is 44.6 Å². The third-order valence-electron chi connectivity index (χ3n) is 3.73. The zero-order chi connectivity index (χ0) is 9.10. The van der Waals surface area contributed by atoms with Crippen LogP contribution in [0.5, 0.6) is 0 Å². The molecule has 0 radical (unpaired) electrons. The van der Waals surface area contributed by atoms with Gasteiger partial charge in [-0.2, -0.15) is 0 Å². The Morgan fingerprint density at radius 3 is 2.54 bits per heavy atom. The lowest BCUT2D eigenvalue weighted by Crippen LogP contribution is -2.35. The molecule has 2 aliphatic rings. The lowest BCUT2D eigenvalue weighted by Gasteiger charge is -2.28. The van der Waals surface area contributed by atoms with Gasteiger partial charge in [-0.25, -0.2) is 0 Å². The van der Waals surface area contributed by atoms with E-state index in [1.54, 1.807) is 0 Å². The van der Waals surface area contributed by atoms with Crippen LogP contribution in [0.15, 0.2) is 0 Å². The molecule has 0 bridgehead atoms.